The number of aromatic nitrogens is 1. The standard InChI is InChI=1S/C11H16N2O/c1-11(2,3)7-9(14)8-5-4-6-13-10(8)12/h4-6H,7H2,1-3H3,(H2,12,13). The summed E-state index contributed by atoms with van der Waals surface area (Å²) in [7, 11) is 0. The Morgan fingerprint density at radius 1 is 1.50 bits per heavy atom. The largest absolute Gasteiger partial charge is 0.383 e. The zero-order valence-corrected chi connectivity index (χ0v) is 8.87. The lowest BCUT2D eigenvalue weighted by atomic mass is 9.88. The maximum absolute atomic E-state index is 11.8. The van der Waals surface area contributed by atoms with Crippen molar-refractivity contribution in [1.82, 2.24) is 4.98 Å². The number of carbonyl (C=O) groups excluding carboxylic acids is 1. The van der Waals surface area contributed by atoms with E-state index in [-0.39, 0.29) is 11.2 Å². The van der Waals surface area contributed by atoms with Gasteiger partial charge in [-0.2, -0.15) is 0 Å². The van der Waals surface area contributed by atoms with E-state index in [1.54, 1.807) is 18.3 Å². The highest BCUT2D eigenvalue weighted by Gasteiger charge is 2.18. The molecule has 0 spiro atoms. The number of anilines is 1. The minimum Gasteiger partial charge on any atom is -0.383 e. The maximum Gasteiger partial charge on any atom is 0.167 e. The van der Waals surface area contributed by atoms with Gasteiger partial charge in [0.15, 0.2) is 5.78 Å². The van der Waals surface area contributed by atoms with E-state index in [4.69, 9.17) is 5.73 Å². The molecule has 3 nitrogen and oxygen atoms in total. The summed E-state index contributed by atoms with van der Waals surface area (Å²) in [5.74, 6) is 0.379. The van der Waals surface area contributed by atoms with Crippen LogP contribution >= 0.6 is 0 Å². The van der Waals surface area contributed by atoms with Crippen molar-refractivity contribution < 1.29 is 4.79 Å². The van der Waals surface area contributed by atoms with E-state index in [2.05, 4.69) is 4.98 Å². The molecule has 1 rings (SSSR count). The minimum absolute atomic E-state index is 0.0145. The van der Waals surface area contributed by atoms with Crippen LogP contribution in [0.2, 0.25) is 0 Å². The Balaban J connectivity index is 2.86. The first-order chi connectivity index (χ1) is 6.40. The van der Waals surface area contributed by atoms with Crippen molar-refractivity contribution in [3.63, 3.8) is 0 Å². The smallest absolute Gasteiger partial charge is 0.167 e. The monoisotopic (exact) mass is 192 g/mol. The van der Waals surface area contributed by atoms with Crippen LogP contribution in [0.4, 0.5) is 5.82 Å². The first kappa shape index (κ1) is 10.7. The quantitative estimate of drug-likeness (QED) is 0.731. The molecule has 0 saturated heterocycles. The van der Waals surface area contributed by atoms with Crippen LogP contribution in [0.1, 0.15) is 37.6 Å². The van der Waals surface area contributed by atoms with Crippen molar-refractivity contribution in [3.05, 3.63) is 23.9 Å². The highest BCUT2D eigenvalue weighted by Crippen LogP contribution is 2.22. The number of carbonyl (C=O) groups is 1. The van der Waals surface area contributed by atoms with Crippen LogP contribution in [0, 0.1) is 5.41 Å². The fourth-order valence-electron chi connectivity index (χ4n) is 1.23. The first-order valence-corrected chi connectivity index (χ1v) is 4.64. The highest BCUT2D eigenvalue weighted by molar-refractivity contribution is 6.00. The maximum atomic E-state index is 11.8. The van der Waals surface area contributed by atoms with Gasteiger partial charge in [0.2, 0.25) is 0 Å². The molecule has 0 fully saturated rings. The van der Waals surface area contributed by atoms with E-state index in [9.17, 15) is 4.79 Å². The predicted molar refractivity (Wildman–Crippen MR) is 57.1 cm³/mol. The van der Waals surface area contributed by atoms with Crippen molar-refractivity contribution in [3.8, 4) is 0 Å². The van der Waals surface area contributed by atoms with Crippen LogP contribution in [0.15, 0.2) is 18.3 Å². The molecule has 0 unspecified atom stereocenters. The molecular formula is C11H16N2O. The number of hydrogen-bond acceptors (Lipinski definition) is 3. The van der Waals surface area contributed by atoms with Gasteiger partial charge in [0, 0.05) is 12.6 Å². The van der Waals surface area contributed by atoms with E-state index in [0.29, 0.717) is 17.8 Å². The van der Waals surface area contributed by atoms with Gasteiger partial charge in [-0.05, 0) is 17.5 Å². The lowest BCUT2D eigenvalue weighted by molar-refractivity contribution is 0.0940. The third-order valence-electron chi connectivity index (χ3n) is 1.83. The molecule has 0 aliphatic heterocycles. The Morgan fingerprint density at radius 3 is 2.64 bits per heavy atom. The van der Waals surface area contributed by atoms with Gasteiger partial charge in [0.25, 0.3) is 0 Å². The average molecular weight is 192 g/mol. The van der Waals surface area contributed by atoms with E-state index in [0.717, 1.165) is 0 Å². The van der Waals surface area contributed by atoms with Gasteiger partial charge in [0.05, 0.1) is 5.56 Å². The second-order valence-corrected chi connectivity index (χ2v) is 4.60. The zero-order valence-electron chi connectivity index (χ0n) is 8.87. The topological polar surface area (TPSA) is 56.0 Å². The molecule has 1 aromatic heterocycles. The minimum atomic E-state index is -0.0145. The van der Waals surface area contributed by atoms with Crippen molar-refractivity contribution >= 4 is 11.6 Å². The number of ketones is 1. The Labute approximate surface area is 84.3 Å². The number of pyridine rings is 1. The molecule has 76 valence electrons. The van der Waals surface area contributed by atoms with Crippen molar-refractivity contribution in [1.29, 1.82) is 0 Å². The van der Waals surface area contributed by atoms with Crippen molar-refractivity contribution in [2.75, 3.05) is 5.73 Å². The van der Waals surface area contributed by atoms with Crippen molar-refractivity contribution in [2.45, 2.75) is 27.2 Å². The molecule has 0 aromatic carbocycles. The molecule has 0 saturated carbocycles. The molecule has 3 heteroatoms. The SMILES string of the molecule is CC(C)(C)CC(=O)c1cccnc1N. The van der Waals surface area contributed by atoms with Crippen LogP contribution in [0.3, 0.4) is 0 Å². The second kappa shape index (κ2) is 3.78. The van der Waals surface area contributed by atoms with Crippen LogP contribution in [0.5, 0.6) is 0 Å². The molecule has 1 heterocycles. The predicted octanol–water partition coefficient (Wildman–Crippen LogP) is 2.28. The van der Waals surface area contributed by atoms with Crippen LogP contribution in [-0.4, -0.2) is 10.8 Å². The molecule has 0 radical (unpaired) electrons. The van der Waals surface area contributed by atoms with Gasteiger partial charge in [-0.25, -0.2) is 4.98 Å². The third kappa shape index (κ3) is 2.83. The Morgan fingerprint density at radius 2 is 2.14 bits per heavy atom. The Hall–Kier alpha value is -1.38. The fourth-order valence-corrected chi connectivity index (χ4v) is 1.23. The second-order valence-electron chi connectivity index (χ2n) is 4.60. The Bertz CT molecular complexity index is 339. The molecule has 0 amide bonds. The summed E-state index contributed by atoms with van der Waals surface area (Å²) in [4.78, 5) is 15.6. The summed E-state index contributed by atoms with van der Waals surface area (Å²) in [5, 5.41) is 0. The molecule has 14 heavy (non-hydrogen) atoms. The normalized spacial score (nSPS) is 11.4. The summed E-state index contributed by atoms with van der Waals surface area (Å²) in [6.45, 7) is 6.08. The van der Waals surface area contributed by atoms with E-state index in [1.807, 2.05) is 20.8 Å². The highest BCUT2D eigenvalue weighted by atomic mass is 16.1. The summed E-state index contributed by atoms with van der Waals surface area (Å²) < 4.78 is 0. The van der Waals surface area contributed by atoms with Crippen LogP contribution in [0.25, 0.3) is 0 Å². The number of rotatable bonds is 2. The molecule has 0 aliphatic carbocycles. The molecule has 0 aliphatic rings. The van der Waals surface area contributed by atoms with E-state index in [1.165, 1.54) is 0 Å². The average Bonchev–Trinajstić information content (AvgIpc) is 2.01. The number of nitrogen functional groups attached to an aromatic ring is 1. The van der Waals surface area contributed by atoms with Crippen LogP contribution in [-0.2, 0) is 0 Å². The number of nitrogens with two attached hydrogens (primary N) is 1. The molecular weight excluding hydrogens is 176 g/mol. The van der Waals surface area contributed by atoms with Gasteiger partial charge in [0.1, 0.15) is 5.82 Å². The number of Topliss-reactive ketones (excluding diaryl/α,β-unsaturated/α-hetero) is 1. The lowest BCUT2D eigenvalue weighted by Crippen LogP contribution is -2.14. The van der Waals surface area contributed by atoms with Gasteiger partial charge < -0.3 is 5.73 Å². The number of hydrogen-bond donors (Lipinski definition) is 1. The van der Waals surface area contributed by atoms with Gasteiger partial charge in [-0.15, -0.1) is 0 Å². The molecule has 0 atom stereocenters. The number of nitrogens with zero attached hydrogens (tertiary/aromatic N) is 1. The van der Waals surface area contributed by atoms with Crippen LogP contribution < -0.4 is 5.73 Å². The van der Waals surface area contributed by atoms with Gasteiger partial charge in [-0.3, -0.25) is 4.79 Å². The molecule has 1 aromatic rings. The van der Waals surface area contributed by atoms with E-state index >= 15 is 0 Å². The summed E-state index contributed by atoms with van der Waals surface area (Å²) in [5.41, 5.74) is 6.12. The Kier molecular flexibility index (Phi) is 2.89. The zero-order chi connectivity index (χ0) is 10.8. The summed E-state index contributed by atoms with van der Waals surface area (Å²) in [6, 6.07) is 3.45. The lowest BCUT2D eigenvalue weighted by Gasteiger charge is -2.16. The molecule has 0 bridgehead atoms. The summed E-state index contributed by atoms with van der Waals surface area (Å²) >= 11 is 0. The third-order valence-corrected chi connectivity index (χ3v) is 1.83. The van der Waals surface area contributed by atoms with Crippen molar-refractivity contribution in [2.24, 2.45) is 5.41 Å². The summed E-state index contributed by atoms with van der Waals surface area (Å²) in [6.07, 6.45) is 2.08. The van der Waals surface area contributed by atoms with Gasteiger partial charge in [-0.1, -0.05) is 20.8 Å². The molecule has 2 N–H and O–H groups in total. The first-order valence-electron chi connectivity index (χ1n) is 4.64. The van der Waals surface area contributed by atoms with E-state index < -0.39 is 0 Å². The fraction of sp³-hybridized carbons (Fsp3) is 0.455. The van der Waals surface area contributed by atoms with Gasteiger partial charge >= 0.3 is 0 Å².